The predicted molar refractivity (Wildman–Crippen MR) is 44.1 cm³/mol. The largest absolute Gasteiger partial charge is 0.396 e. The first-order valence-electron chi connectivity index (χ1n) is 4.44. The van der Waals surface area contributed by atoms with Crippen LogP contribution in [0.1, 0.15) is 26.7 Å². The van der Waals surface area contributed by atoms with Crippen LogP contribution in [0.5, 0.6) is 0 Å². The van der Waals surface area contributed by atoms with Crippen LogP contribution in [0.15, 0.2) is 0 Å². The zero-order valence-electron chi connectivity index (χ0n) is 7.33. The van der Waals surface area contributed by atoms with Crippen molar-refractivity contribution in [2.45, 2.75) is 32.8 Å². The first kappa shape index (κ1) is 9.01. The quantitative estimate of drug-likeness (QED) is 0.598. The van der Waals surface area contributed by atoms with Crippen molar-refractivity contribution in [1.29, 1.82) is 0 Å². The third-order valence-electron chi connectivity index (χ3n) is 2.93. The van der Waals surface area contributed by atoms with E-state index in [-0.39, 0.29) is 18.6 Å². The van der Waals surface area contributed by atoms with Crippen molar-refractivity contribution >= 4 is 0 Å². The van der Waals surface area contributed by atoms with E-state index in [0.29, 0.717) is 11.8 Å². The summed E-state index contributed by atoms with van der Waals surface area (Å²) in [7, 11) is 0. The molecule has 1 aliphatic carbocycles. The number of hydrogen-bond donors (Lipinski definition) is 2. The lowest BCUT2D eigenvalue weighted by molar-refractivity contribution is -0.000511. The fourth-order valence-electron chi connectivity index (χ4n) is 2.01. The minimum Gasteiger partial charge on any atom is -0.396 e. The van der Waals surface area contributed by atoms with Crippen molar-refractivity contribution in [2.75, 3.05) is 6.61 Å². The lowest BCUT2D eigenvalue weighted by Gasteiger charge is -2.35. The SMILES string of the molecule is CC1CC(O)C(C)C(CO)C1. The van der Waals surface area contributed by atoms with Crippen molar-refractivity contribution in [3.05, 3.63) is 0 Å². The molecule has 1 aliphatic rings. The third kappa shape index (κ3) is 1.94. The molecule has 0 aromatic rings. The smallest absolute Gasteiger partial charge is 0.0571 e. The molecule has 0 saturated heterocycles. The van der Waals surface area contributed by atoms with E-state index >= 15 is 0 Å². The Morgan fingerprint density at radius 3 is 2.45 bits per heavy atom. The van der Waals surface area contributed by atoms with Crippen molar-refractivity contribution in [2.24, 2.45) is 17.8 Å². The Morgan fingerprint density at radius 1 is 1.27 bits per heavy atom. The molecule has 0 spiro atoms. The van der Waals surface area contributed by atoms with E-state index in [1.807, 2.05) is 6.92 Å². The maximum atomic E-state index is 9.54. The summed E-state index contributed by atoms with van der Waals surface area (Å²) in [6.07, 6.45) is 1.77. The molecular formula is C9H18O2. The summed E-state index contributed by atoms with van der Waals surface area (Å²) in [6, 6.07) is 0. The predicted octanol–water partition coefficient (Wildman–Crippen LogP) is 1.02. The Kier molecular flexibility index (Phi) is 2.90. The standard InChI is InChI=1S/C9H18O2/c1-6-3-8(5-10)7(2)9(11)4-6/h6-11H,3-5H2,1-2H3. The number of aliphatic hydroxyl groups is 2. The lowest BCUT2D eigenvalue weighted by atomic mass is 9.74. The second-order valence-electron chi connectivity index (χ2n) is 3.95. The Bertz CT molecular complexity index is 125. The average molecular weight is 158 g/mol. The fourth-order valence-corrected chi connectivity index (χ4v) is 2.01. The van der Waals surface area contributed by atoms with Crippen LogP contribution in [0.2, 0.25) is 0 Å². The van der Waals surface area contributed by atoms with E-state index < -0.39 is 0 Å². The molecule has 4 atom stereocenters. The van der Waals surface area contributed by atoms with Crippen molar-refractivity contribution in [3.63, 3.8) is 0 Å². The summed E-state index contributed by atoms with van der Waals surface area (Å²) in [6.45, 7) is 4.39. The summed E-state index contributed by atoms with van der Waals surface area (Å²) >= 11 is 0. The van der Waals surface area contributed by atoms with Crippen LogP contribution >= 0.6 is 0 Å². The summed E-state index contributed by atoms with van der Waals surface area (Å²) in [5.41, 5.74) is 0. The molecule has 2 nitrogen and oxygen atoms in total. The van der Waals surface area contributed by atoms with Gasteiger partial charge < -0.3 is 10.2 Å². The summed E-state index contributed by atoms with van der Waals surface area (Å²) < 4.78 is 0. The molecular weight excluding hydrogens is 140 g/mol. The van der Waals surface area contributed by atoms with Crippen LogP contribution in [0.3, 0.4) is 0 Å². The first-order valence-corrected chi connectivity index (χ1v) is 4.44. The van der Waals surface area contributed by atoms with Gasteiger partial charge in [-0.3, -0.25) is 0 Å². The molecule has 0 radical (unpaired) electrons. The van der Waals surface area contributed by atoms with Gasteiger partial charge in [0.2, 0.25) is 0 Å². The first-order chi connectivity index (χ1) is 5.15. The highest BCUT2D eigenvalue weighted by Gasteiger charge is 2.31. The van der Waals surface area contributed by atoms with Gasteiger partial charge in [0.05, 0.1) is 6.10 Å². The van der Waals surface area contributed by atoms with Crippen LogP contribution in [0, 0.1) is 17.8 Å². The molecule has 1 fully saturated rings. The Balaban J connectivity index is 2.51. The molecule has 0 amide bonds. The average Bonchev–Trinajstić information content (AvgIpc) is 1.96. The number of aliphatic hydroxyl groups excluding tert-OH is 2. The molecule has 0 aromatic heterocycles. The second-order valence-corrected chi connectivity index (χ2v) is 3.95. The molecule has 0 bridgehead atoms. The highest BCUT2D eigenvalue weighted by Crippen LogP contribution is 2.33. The summed E-state index contributed by atoms with van der Waals surface area (Å²) in [5, 5.41) is 18.5. The summed E-state index contributed by atoms with van der Waals surface area (Å²) in [4.78, 5) is 0. The minimum absolute atomic E-state index is 0.198. The zero-order chi connectivity index (χ0) is 8.43. The second kappa shape index (κ2) is 3.55. The van der Waals surface area contributed by atoms with Crippen LogP contribution in [0.4, 0.5) is 0 Å². The van der Waals surface area contributed by atoms with Gasteiger partial charge in [-0.15, -0.1) is 0 Å². The molecule has 4 unspecified atom stereocenters. The third-order valence-corrected chi connectivity index (χ3v) is 2.93. The monoisotopic (exact) mass is 158 g/mol. The molecule has 0 aliphatic heterocycles. The van der Waals surface area contributed by atoms with Crippen molar-refractivity contribution in [1.82, 2.24) is 0 Å². The highest BCUT2D eigenvalue weighted by atomic mass is 16.3. The normalized spacial score (nSPS) is 45.8. The van der Waals surface area contributed by atoms with Gasteiger partial charge in [-0.1, -0.05) is 13.8 Å². The summed E-state index contributed by atoms with van der Waals surface area (Å²) in [5.74, 6) is 1.16. The van der Waals surface area contributed by atoms with Crippen LogP contribution in [0.25, 0.3) is 0 Å². The topological polar surface area (TPSA) is 40.5 Å². The van der Waals surface area contributed by atoms with Gasteiger partial charge in [-0.2, -0.15) is 0 Å². The van der Waals surface area contributed by atoms with Gasteiger partial charge in [0.15, 0.2) is 0 Å². The molecule has 66 valence electrons. The Hall–Kier alpha value is -0.0800. The zero-order valence-corrected chi connectivity index (χ0v) is 7.33. The van der Waals surface area contributed by atoms with Gasteiger partial charge in [0.25, 0.3) is 0 Å². The number of hydrogen-bond acceptors (Lipinski definition) is 2. The van der Waals surface area contributed by atoms with Gasteiger partial charge >= 0.3 is 0 Å². The molecule has 0 aromatic carbocycles. The van der Waals surface area contributed by atoms with E-state index in [1.54, 1.807) is 0 Å². The van der Waals surface area contributed by atoms with E-state index in [9.17, 15) is 5.11 Å². The molecule has 0 heterocycles. The minimum atomic E-state index is -0.198. The van der Waals surface area contributed by atoms with Crippen molar-refractivity contribution in [3.8, 4) is 0 Å². The van der Waals surface area contributed by atoms with Crippen LogP contribution < -0.4 is 0 Å². The molecule has 2 heteroatoms. The van der Waals surface area contributed by atoms with E-state index in [4.69, 9.17) is 5.11 Å². The van der Waals surface area contributed by atoms with Gasteiger partial charge in [-0.25, -0.2) is 0 Å². The maximum absolute atomic E-state index is 9.54. The fraction of sp³-hybridized carbons (Fsp3) is 1.00. The highest BCUT2D eigenvalue weighted by molar-refractivity contribution is 4.81. The van der Waals surface area contributed by atoms with E-state index in [2.05, 4.69) is 6.92 Å². The molecule has 11 heavy (non-hydrogen) atoms. The van der Waals surface area contributed by atoms with E-state index in [1.165, 1.54) is 0 Å². The van der Waals surface area contributed by atoms with Gasteiger partial charge in [0.1, 0.15) is 0 Å². The Morgan fingerprint density at radius 2 is 1.91 bits per heavy atom. The van der Waals surface area contributed by atoms with Crippen LogP contribution in [-0.2, 0) is 0 Å². The molecule has 1 saturated carbocycles. The van der Waals surface area contributed by atoms with E-state index in [0.717, 1.165) is 12.8 Å². The van der Waals surface area contributed by atoms with Gasteiger partial charge in [0, 0.05) is 6.61 Å². The van der Waals surface area contributed by atoms with Crippen molar-refractivity contribution < 1.29 is 10.2 Å². The molecule has 2 N–H and O–H groups in total. The maximum Gasteiger partial charge on any atom is 0.0571 e. The molecule has 1 rings (SSSR count). The van der Waals surface area contributed by atoms with Crippen LogP contribution in [-0.4, -0.2) is 22.9 Å². The number of rotatable bonds is 1. The van der Waals surface area contributed by atoms with Gasteiger partial charge in [-0.05, 0) is 30.6 Å². The Labute approximate surface area is 68.2 Å². The lowest BCUT2D eigenvalue weighted by Crippen LogP contribution is -2.35.